The van der Waals surface area contributed by atoms with Gasteiger partial charge in [-0.2, -0.15) is 4.57 Å². The summed E-state index contributed by atoms with van der Waals surface area (Å²) in [6.07, 6.45) is 3.96. The quantitative estimate of drug-likeness (QED) is 0.488. The van der Waals surface area contributed by atoms with Gasteiger partial charge in [0.2, 0.25) is 0 Å². The Labute approximate surface area is 123 Å². The fourth-order valence-electron chi connectivity index (χ4n) is 3.06. The zero-order chi connectivity index (χ0) is 14.4. The van der Waals surface area contributed by atoms with Gasteiger partial charge in [0, 0.05) is 23.0 Å². The molecule has 0 aliphatic carbocycles. The van der Waals surface area contributed by atoms with Crippen molar-refractivity contribution in [3.8, 4) is 5.82 Å². The highest BCUT2D eigenvalue weighted by atomic mass is 15.1. The Morgan fingerprint density at radius 2 is 1.76 bits per heavy atom. The monoisotopic (exact) mass is 274 g/mol. The molecule has 0 saturated heterocycles. The van der Waals surface area contributed by atoms with Gasteiger partial charge in [-0.15, -0.1) is 0 Å². The van der Waals surface area contributed by atoms with E-state index in [1.54, 1.807) is 0 Å². The topological polar surface area (TPSA) is 21.7 Å². The highest BCUT2D eigenvalue weighted by Crippen LogP contribution is 2.31. The van der Waals surface area contributed by atoms with Crippen LogP contribution in [0.1, 0.15) is 5.69 Å². The maximum atomic E-state index is 4.49. The van der Waals surface area contributed by atoms with Crippen molar-refractivity contribution in [2.24, 2.45) is 7.05 Å². The van der Waals surface area contributed by atoms with Crippen LogP contribution in [0, 0.1) is 6.92 Å². The molecule has 4 aromatic rings. The highest BCUT2D eigenvalue weighted by Gasteiger charge is 2.21. The second-order valence-electron chi connectivity index (χ2n) is 5.31. The number of aryl methyl sites for hydroxylation is 2. The average Bonchev–Trinajstić information content (AvgIpc) is 2.84. The van der Waals surface area contributed by atoms with Crippen LogP contribution in [0.25, 0.3) is 27.6 Å². The molecule has 3 heteroatoms. The lowest BCUT2D eigenvalue weighted by molar-refractivity contribution is -0.665. The summed E-state index contributed by atoms with van der Waals surface area (Å²) in [4.78, 5) is 4.49. The van der Waals surface area contributed by atoms with Crippen LogP contribution in [0.3, 0.4) is 0 Å². The van der Waals surface area contributed by atoms with E-state index in [4.69, 9.17) is 0 Å². The molecule has 0 fully saturated rings. The van der Waals surface area contributed by atoms with E-state index in [-0.39, 0.29) is 0 Å². The lowest BCUT2D eigenvalue weighted by Gasteiger charge is -2.04. The summed E-state index contributed by atoms with van der Waals surface area (Å²) in [7, 11) is 2.07. The number of nitrogens with zero attached hydrogens (tertiary/aromatic N) is 3. The summed E-state index contributed by atoms with van der Waals surface area (Å²) in [6, 6.07) is 16.9. The van der Waals surface area contributed by atoms with Crippen LogP contribution in [0.15, 0.2) is 60.9 Å². The van der Waals surface area contributed by atoms with Gasteiger partial charge in [-0.1, -0.05) is 18.2 Å². The Hall–Kier alpha value is -2.68. The molecule has 0 radical (unpaired) electrons. The van der Waals surface area contributed by atoms with Gasteiger partial charge in [-0.25, -0.2) is 4.57 Å². The van der Waals surface area contributed by atoms with Gasteiger partial charge in [0.1, 0.15) is 5.52 Å². The Bertz CT molecular complexity index is 967. The first-order chi connectivity index (χ1) is 10.3. The third-order valence-corrected chi connectivity index (χ3v) is 4.02. The molecule has 0 spiro atoms. The number of rotatable bonds is 1. The van der Waals surface area contributed by atoms with Crippen molar-refractivity contribution in [2.75, 3.05) is 0 Å². The molecule has 0 aliphatic heterocycles. The van der Waals surface area contributed by atoms with Crippen LogP contribution in [0.4, 0.5) is 0 Å². The van der Waals surface area contributed by atoms with Crippen LogP contribution < -0.4 is 4.57 Å². The average molecular weight is 274 g/mol. The number of hydrogen-bond donors (Lipinski definition) is 0. The molecule has 0 unspecified atom stereocenters. The maximum absolute atomic E-state index is 4.49. The van der Waals surface area contributed by atoms with Gasteiger partial charge in [-0.3, -0.25) is 4.98 Å². The predicted molar refractivity (Wildman–Crippen MR) is 84.5 cm³/mol. The maximum Gasteiger partial charge on any atom is 0.286 e. The molecule has 0 amide bonds. The second-order valence-corrected chi connectivity index (χ2v) is 5.31. The van der Waals surface area contributed by atoms with E-state index < -0.39 is 0 Å². The fourth-order valence-corrected chi connectivity index (χ4v) is 3.06. The second kappa shape index (κ2) is 4.42. The number of fused-ring (bicyclic) bond motifs is 3. The summed E-state index contributed by atoms with van der Waals surface area (Å²) in [5.74, 6) is 1.14. The molecule has 0 aliphatic rings. The van der Waals surface area contributed by atoms with Gasteiger partial charge < -0.3 is 0 Å². The molecule has 3 aromatic heterocycles. The SMILES string of the molecule is Cc1nccc2c3ccccc3n(-c3cccc[n+]3C)c12. The fraction of sp³-hybridized carbons (Fsp3) is 0.111. The zero-order valence-corrected chi connectivity index (χ0v) is 12.1. The number of hydrogen-bond acceptors (Lipinski definition) is 1. The molecule has 21 heavy (non-hydrogen) atoms. The summed E-state index contributed by atoms with van der Waals surface area (Å²) >= 11 is 0. The van der Waals surface area contributed by atoms with Crippen molar-refractivity contribution in [1.82, 2.24) is 9.55 Å². The molecule has 102 valence electrons. The van der Waals surface area contributed by atoms with E-state index in [1.165, 1.54) is 21.8 Å². The van der Waals surface area contributed by atoms with Crippen molar-refractivity contribution >= 4 is 21.8 Å². The molecular weight excluding hydrogens is 258 g/mol. The smallest absolute Gasteiger partial charge is 0.257 e. The van der Waals surface area contributed by atoms with Crippen molar-refractivity contribution < 1.29 is 4.57 Å². The van der Waals surface area contributed by atoms with Gasteiger partial charge in [0.15, 0.2) is 5.52 Å². The first kappa shape index (κ1) is 12.1. The van der Waals surface area contributed by atoms with Gasteiger partial charge in [-0.05, 0) is 31.2 Å². The normalized spacial score (nSPS) is 11.3. The lowest BCUT2D eigenvalue weighted by Crippen LogP contribution is -2.33. The summed E-state index contributed by atoms with van der Waals surface area (Å²) < 4.78 is 4.44. The molecule has 0 saturated carbocycles. The molecule has 0 bridgehead atoms. The van der Waals surface area contributed by atoms with Crippen molar-refractivity contribution in [1.29, 1.82) is 0 Å². The largest absolute Gasteiger partial charge is 0.286 e. The molecule has 1 aromatic carbocycles. The van der Waals surface area contributed by atoms with Crippen molar-refractivity contribution in [2.45, 2.75) is 6.92 Å². The first-order valence-corrected chi connectivity index (χ1v) is 7.07. The Morgan fingerprint density at radius 3 is 2.62 bits per heavy atom. The Balaban J connectivity index is 2.28. The highest BCUT2D eigenvalue weighted by molar-refractivity contribution is 6.09. The van der Waals surface area contributed by atoms with Gasteiger partial charge >= 0.3 is 0 Å². The molecule has 4 rings (SSSR count). The molecule has 3 nitrogen and oxygen atoms in total. The van der Waals surface area contributed by atoms with E-state index in [0.717, 1.165) is 11.5 Å². The summed E-state index contributed by atoms with van der Waals surface area (Å²) in [5.41, 5.74) is 3.44. The van der Waals surface area contributed by atoms with E-state index >= 15 is 0 Å². The number of para-hydroxylation sites is 1. The van der Waals surface area contributed by atoms with Crippen LogP contribution >= 0.6 is 0 Å². The summed E-state index contributed by atoms with van der Waals surface area (Å²) in [5, 5.41) is 2.52. The third-order valence-electron chi connectivity index (χ3n) is 4.02. The van der Waals surface area contributed by atoms with Crippen molar-refractivity contribution in [3.63, 3.8) is 0 Å². The van der Waals surface area contributed by atoms with Crippen LogP contribution in [0.2, 0.25) is 0 Å². The minimum absolute atomic E-state index is 1.05. The number of benzene rings is 1. The Morgan fingerprint density at radius 1 is 0.952 bits per heavy atom. The molecular formula is C18H16N3+. The number of aromatic nitrogens is 3. The van der Waals surface area contributed by atoms with E-state index in [1.807, 2.05) is 12.3 Å². The molecule has 3 heterocycles. The minimum atomic E-state index is 1.05. The number of pyridine rings is 2. The first-order valence-electron chi connectivity index (χ1n) is 7.07. The summed E-state index contributed by atoms with van der Waals surface area (Å²) in [6.45, 7) is 2.07. The zero-order valence-electron chi connectivity index (χ0n) is 12.1. The predicted octanol–water partition coefficient (Wildman–Crippen LogP) is 3.31. The molecule has 0 atom stereocenters. The van der Waals surface area contributed by atoms with Crippen LogP contribution in [-0.4, -0.2) is 9.55 Å². The van der Waals surface area contributed by atoms with Gasteiger partial charge in [0.25, 0.3) is 5.82 Å². The van der Waals surface area contributed by atoms with E-state index in [0.29, 0.717) is 0 Å². The van der Waals surface area contributed by atoms with E-state index in [9.17, 15) is 0 Å². The Kier molecular flexibility index (Phi) is 2.54. The minimum Gasteiger partial charge on any atom is -0.257 e. The standard InChI is InChI=1S/C18H16N3/c1-13-18-15(10-11-19-13)14-7-3-4-8-16(14)21(18)17-9-5-6-12-20(17)2/h3-12H,1-2H3/q+1. The van der Waals surface area contributed by atoms with Gasteiger partial charge in [0.05, 0.1) is 18.9 Å². The lowest BCUT2D eigenvalue weighted by atomic mass is 10.2. The third kappa shape index (κ3) is 1.67. The van der Waals surface area contributed by atoms with Crippen LogP contribution in [-0.2, 0) is 7.05 Å². The van der Waals surface area contributed by atoms with Crippen LogP contribution in [0.5, 0.6) is 0 Å². The van der Waals surface area contributed by atoms with E-state index in [2.05, 4.69) is 76.8 Å². The van der Waals surface area contributed by atoms with Crippen molar-refractivity contribution in [3.05, 3.63) is 66.6 Å². The molecule has 0 N–H and O–H groups in total.